The van der Waals surface area contributed by atoms with Gasteiger partial charge >= 0.3 is 0 Å². The van der Waals surface area contributed by atoms with Crippen LogP contribution < -0.4 is 5.32 Å². The molecule has 0 atom stereocenters. The van der Waals surface area contributed by atoms with Gasteiger partial charge in [-0.3, -0.25) is 0 Å². The Labute approximate surface area is 141 Å². The summed E-state index contributed by atoms with van der Waals surface area (Å²) in [6, 6.07) is 13.0. The summed E-state index contributed by atoms with van der Waals surface area (Å²) in [7, 11) is 0. The fourth-order valence-electron chi connectivity index (χ4n) is 1.84. The van der Waals surface area contributed by atoms with Gasteiger partial charge in [-0.15, -0.1) is 11.3 Å². The second-order valence-electron chi connectivity index (χ2n) is 4.24. The SMILES string of the molecule is Clc1ccccc1-c1csc(Nc2cccc(Cl)c2Cl)n1. The molecule has 21 heavy (non-hydrogen) atoms. The number of aromatic nitrogens is 1. The number of nitrogens with one attached hydrogen (secondary N) is 1. The lowest BCUT2D eigenvalue weighted by molar-refractivity contribution is 1.38. The molecule has 1 heterocycles. The maximum atomic E-state index is 6.18. The number of thiazole rings is 1. The standard InChI is InChI=1S/C15H9Cl3N2S/c16-10-5-2-1-4-9(10)13-8-21-15(20-13)19-12-7-3-6-11(17)14(12)18/h1-8H,(H,19,20). The van der Waals surface area contributed by atoms with Crippen LogP contribution in [-0.2, 0) is 0 Å². The van der Waals surface area contributed by atoms with Crippen LogP contribution in [0.5, 0.6) is 0 Å². The fraction of sp³-hybridized carbons (Fsp3) is 0. The van der Waals surface area contributed by atoms with Gasteiger partial charge < -0.3 is 5.32 Å². The highest BCUT2D eigenvalue weighted by molar-refractivity contribution is 7.14. The van der Waals surface area contributed by atoms with Crippen LogP contribution in [0.1, 0.15) is 0 Å². The summed E-state index contributed by atoms with van der Waals surface area (Å²) in [5, 5.41) is 7.51. The monoisotopic (exact) mass is 354 g/mol. The van der Waals surface area contributed by atoms with Gasteiger partial charge in [-0.05, 0) is 18.2 Å². The first kappa shape index (κ1) is 14.7. The molecule has 0 aliphatic carbocycles. The van der Waals surface area contributed by atoms with Crippen LogP contribution in [0.3, 0.4) is 0 Å². The van der Waals surface area contributed by atoms with E-state index in [0.29, 0.717) is 15.1 Å². The van der Waals surface area contributed by atoms with Gasteiger partial charge in [0.2, 0.25) is 0 Å². The van der Waals surface area contributed by atoms with Crippen LogP contribution in [0.2, 0.25) is 15.1 Å². The molecule has 0 aliphatic rings. The molecule has 1 N–H and O–H groups in total. The minimum absolute atomic E-state index is 0.480. The quantitative estimate of drug-likeness (QED) is 0.579. The number of rotatable bonds is 3. The number of benzene rings is 2. The van der Waals surface area contributed by atoms with E-state index in [4.69, 9.17) is 34.8 Å². The van der Waals surface area contributed by atoms with Crippen molar-refractivity contribution in [2.24, 2.45) is 0 Å². The van der Waals surface area contributed by atoms with E-state index in [9.17, 15) is 0 Å². The van der Waals surface area contributed by atoms with Crippen molar-refractivity contribution in [3.05, 3.63) is 62.9 Å². The topological polar surface area (TPSA) is 24.9 Å². The van der Waals surface area contributed by atoms with Crippen LogP contribution in [0, 0.1) is 0 Å². The Kier molecular flexibility index (Phi) is 4.36. The van der Waals surface area contributed by atoms with Gasteiger partial charge in [0.15, 0.2) is 5.13 Å². The zero-order valence-electron chi connectivity index (χ0n) is 10.6. The molecule has 3 aromatic rings. The smallest absolute Gasteiger partial charge is 0.187 e. The zero-order chi connectivity index (χ0) is 14.8. The van der Waals surface area contributed by atoms with Crippen LogP contribution in [0.4, 0.5) is 10.8 Å². The van der Waals surface area contributed by atoms with Crippen molar-refractivity contribution < 1.29 is 0 Å². The number of anilines is 2. The lowest BCUT2D eigenvalue weighted by Gasteiger charge is -2.06. The Bertz CT molecular complexity index is 786. The van der Waals surface area contributed by atoms with Crippen LogP contribution in [-0.4, -0.2) is 4.98 Å². The summed E-state index contributed by atoms with van der Waals surface area (Å²) in [4.78, 5) is 4.53. The third-order valence-electron chi connectivity index (χ3n) is 2.85. The molecular weight excluding hydrogens is 347 g/mol. The van der Waals surface area contributed by atoms with E-state index < -0.39 is 0 Å². The molecule has 0 aliphatic heterocycles. The summed E-state index contributed by atoms with van der Waals surface area (Å²) < 4.78 is 0. The lowest BCUT2D eigenvalue weighted by atomic mass is 10.2. The molecule has 0 spiro atoms. The minimum Gasteiger partial charge on any atom is -0.330 e. The average Bonchev–Trinajstić information content (AvgIpc) is 2.93. The average molecular weight is 356 g/mol. The van der Waals surface area contributed by atoms with E-state index in [2.05, 4.69) is 10.3 Å². The Morgan fingerprint density at radius 3 is 2.48 bits per heavy atom. The first-order valence-electron chi connectivity index (χ1n) is 6.06. The second-order valence-corrected chi connectivity index (χ2v) is 6.29. The van der Waals surface area contributed by atoms with Crippen molar-refractivity contribution in [2.45, 2.75) is 0 Å². The number of hydrogen-bond donors (Lipinski definition) is 1. The Balaban J connectivity index is 1.89. The highest BCUT2D eigenvalue weighted by Gasteiger charge is 2.10. The molecule has 0 amide bonds. The molecule has 0 saturated heterocycles. The first-order valence-corrected chi connectivity index (χ1v) is 8.08. The maximum Gasteiger partial charge on any atom is 0.187 e. The third kappa shape index (κ3) is 3.16. The summed E-state index contributed by atoms with van der Waals surface area (Å²) in [5.41, 5.74) is 2.45. The molecule has 0 fully saturated rings. The molecular formula is C15H9Cl3N2S. The molecule has 0 unspecified atom stereocenters. The third-order valence-corrected chi connectivity index (χ3v) is 4.75. The van der Waals surface area contributed by atoms with Crippen molar-refractivity contribution in [2.75, 3.05) is 5.32 Å². The molecule has 106 valence electrons. The van der Waals surface area contributed by atoms with E-state index in [-0.39, 0.29) is 0 Å². The predicted molar refractivity (Wildman–Crippen MR) is 92.3 cm³/mol. The number of nitrogens with zero attached hydrogens (tertiary/aromatic N) is 1. The molecule has 2 aromatic carbocycles. The van der Waals surface area contributed by atoms with Gasteiger partial charge in [0.05, 0.1) is 21.4 Å². The Hall–Kier alpha value is -1.26. The van der Waals surface area contributed by atoms with E-state index in [1.165, 1.54) is 11.3 Å². The second kappa shape index (κ2) is 6.24. The summed E-state index contributed by atoms with van der Waals surface area (Å²) in [6.07, 6.45) is 0. The largest absolute Gasteiger partial charge is 0.330 e. The molecule has 0 bridgehead atoms. The minimum atomic E-state index is 0.480. The highest BCUT2D eigenvalue weighted by Crippen LogP contribution is 2.35. The number of halogens is 3. The van der Waals surface area contributed by atoms with Gasteiger partial charge in [-0.2, -0.15) is 0 Å². The van der Waals surface area contributed by atoms with Gasteiger partial charge in [0.25, 0.3) is 0 Å². The maximum absolute atomic E-state index is 6.18. The zero-order valence-corrected chi connectivity index (χ0v) is 13.7. The predicted octanol–water partition coefficient (Wildman–Crippen LogP) is 6.51. The normalized spacial score (nSPS) is 10.6. The molecule has 6 heteroatoms. The fourth-order valence-corrected chi connectivity index (χ4v) is 3.14. The van der Waals surface area contributed by atoms with Crippen LogP contribution in [0.25, 0.3) is 11.3 Å². The Morgan fingerprint density at radius 2 is 1.67 bits per heavy atom. The number of hydrogen-bond acceptors (Lipinski definition) is 3. The molecule has 1 aromatic heterocycles. The highest BCUT2D eigenvalue weighted by atomic mass is 35.5. The van der Waals surface area contributed by atoms with E-state index >= 15 is 0 Å². The van der Waals surface area contributed by atoms with E-state index in [1.54, 1.807) is 6.07 Å². The first-order chi connectivity index (χ1) is 10.1. The van der Waals surface area contributed by atoms with E-state index in [1.807, 2.05) is 41.8 Å². The van der Waals surface area contributed by atoms with Gasteiger partial charge in [-0.1, -0.05) is 59.1 Å². The van der Waals surface area contributed by atoms with Crippen molar-refractivity contribution in [1.29, 1.82) is 0 Å². The molecule has 0 saturated carbocycles. The summed E-state index contributed by atoms with van der Waals surface area (Å²) in [6.45, 7) is 0. The van der Waals surface area contributed by atoms with Crippen molar-refractivity contribution in [3.8, 4) is 11.3 Å². The lowest BCUT2D eigenvalue weighted by Crippen LogP contribution is -1.91. The van der Waals surface area contributed by atoms with Gasteiger partial charge in [-0.25, -0.2) is 4.98 Å². The van der Waals surface area contributed by atoms with Gasteiger partial charge in [0, 0.05) is 16.0 Å². The molecule has 2 nitrogen and oxygen atoms in total. The van der Waals surface area contributed by atoms with Crippen molar-refractivity contribution >= 4 is 57.0 Å². The van der Waals surface area contributed by atoms with Crippen LogP contribution in [0.15, 0.2) is 47.8 Å². The van der Waals surface area contributed by atoms with E-state index in [0.717, 1.165) is 22.1 Å². The van der Waals surface area contributed by atoms with Crippen molar-refractivity contribution in [1.82, 2.24) is 4.98 Å². The van der Waals surface area contributed by atoms with Crippen LogP contribution >= 0.6 is 46.1 Å². The van der Waals surface area contributed by atoms with Crippen molar-refractivity contribution in [3.63, 3.8) is 0 Å². The summed E-state index contributed by atoms with van der Waals surface area (Å²) in [5.74, 6) is 0. The van der Waals surface area contributed by atoms with Gasteiger partial charge in [0.1, 0.15) is 0 Å². The Morgan fingerprint density at radius 1 is 0.905 bits per heavy atom. The molecule has 0 radical (unpaired) electrons. The molecule has 3 rings (SSSR count). The summed E-state index contributed by atoms with van der Waals surface area (Å²) >= 11 is 19.8.